The van der Waals surface area contributed by atoms with Gasteiger partial charge in [-0.2, -0.15) is 0 Å². The van der Waals surface area contributed by atoms with Crippen LogP contribution in [0, 0.1) is 0 Å². The van der Waals surface area contributed by atoms with Crippen molar-refractivity contribution in [1.82, 2.24) is 9.13 Å². The lowest BCUT2D eigenvalue weighted by Gasteiger charge is -2.39. The smallest absolute Gasteiger partial charge is 0.0754 e. The number of hydrogen-bond donors (Lipinski definition) is 0. The Morgan fingerprint density at radius 3 is 1.57 bits per heavy atom. The minimum Gasteiger partial charge on any atom is -0.310 e. The maximum atomic E-state index is 2.52. The third-order valence-corrected chi connectivity index (χ3v) is 16.5. The summed E-state index contributed by atoms with van der Waals surface area (Å²) in [5.41, 5.74) is 24.8. The summed E-state index contributed by atoms with van der Waals surface area (Å²) in [5.74, 6) is 0. The van der Waals surface area contributed by atoms with E-state index in [0.29, 0.717) is 0 Å². The molecule has 3 nitrogen and oxygen atoms in total. The van der Waals surface area contributed by atoms with E-state index in [4.69, 9.17) is 0 Å². The zero-order valence-electron chi connectivity index (χ0n) is 41.5. The molecule has 1 spiro atoms. The van der Waals surface area contributed by atoms with Gasteiger partial charge in [-0.25, -0.2) is 0 Å². The molecule has 2 aromatic heterocycles. The average Bonchev–Trinajstić information content (AvgIpc) is 4.33. The molecule has 0 N–H and O–H groups in total. The predicted octanol–water partition coefficient (Wildman–Crippen LogP) is 19.0. The SMILES string of the molecule is c1ccc(-c2cccc(-c3ccccc3N(c3ccc(-c4cccc(-n5c6ccccc6c6ccccc65)c4)cc3)c3ccc4c(c3)-c3ccccc3C43c4ccccc4-n4c5ccccc5c5cccc3c54)c2)cc1. The van der Waals surface area contributed by atoms with E-state index in [-0.39, 0.29) is 0 Å². The molecule has 0 fully saturated rings. The first-order valence-electron chi connectivity index (χ1n) is 26.3. The van der Waals surface area contributed by atoms with Crippen molar-refractivity contribution in [3.63, 3.8) is 0 Å². The second kappa shape index (κ2) is 16.5. The van der Waals surface area contributed by atoms with Crippen LogP contribution in [0.2, 0.25) is 0 Å². The van der Waals surface area contributed by atoms with Crippen molar-refractivity contribution in [2.45, 2.75) is 5.41 Å². The van der Waals surface area contributed by atoms with Crippen LogP contribution in [0.15, 0.2) is 285 Å². The predicted molar refractivity (Wildman–Crippen MR) is 317 cm³/mol. The number of fused-ring (bicyclic) bond motifs is 15. The number of hydrogen-bond acceptors (Lipinski definition) is 1. The molecular weight excluding hydrogens is 919 g/mol. The highest BCUT2D eigenvalue weighted by Crippen LogP contribution is 2.62. The highest BCUT2D eigenvalue weighted by Gasteiger charge is 2.51. The second-order valence-corrected chi connectivity index (χ2v) is 20.4. The van der Waals surface area contributed by atoms with Crippen LogP contribution in [-0.4, -0.2) is 9.13 Å². The fraction of sp³-hybridized carbons (Fsp3) is 0.0137. The van der Waals surface area contributed by atoms with E-state index in [1.807, 2.05) is 0 Å². The van der Waals surface area contributed by atoms with Gasteiger partial charge in [-0.3, -0.25) is 0 Å². The zero-order chi connectivity index (χ0) is 49.9. The van der Waals surface area contributed by atoms with Crippen LogP contribution in [0.3, 0.4) is 0 Å². The van der Waals surface area contributed by atoms with Crippen molar-refractivity contribution in [2.24, 2.45) is 0 Å². The molecule has 1 atom stereocenters. The van der Waals surface area contributed by atoms with Gasteiger partial charge >= 0.3 is 0 Å². The van der Waals surface area contributed by atoms with Gasteiger partial charge < -0.3 is 14.0 Å². The van der Waals surface area contributed by atoms with Crippen LogP contribution in [0.5, 0.6) is 0 Å². The largest absolute Gasteiger partial charge is 0.310 e. The Morgan fingerprint density at radius 2 is 0.789 bits per heavy atom. The summed E-state index contributed by atoms with van der Waals surface area (Å²) in [4.78, 5) is 2.48. The summed E-state index contributed by atoms with van der Waals surface area (Å²) >= 11 is 0. The van der Waals surface area contributed by atoms with Gasteiger partial charge in [0.25, 0.3) is 0 Å². The standard InChI is InChI=1S/C73H47N3/c1-2-19-48(20-3-1)50-21-16-23-52(45-50)56-25-5-11-34-67(56)74(53-41-39-49(40-42-53)51-22-17-24-54(46-51)75-68-35-12-6-27-58(68)59-28-7-13-36-69(59)75)55-43-44-64-62(47-55)57-26-4-9-31-63(57)73(64)65-32-10-15-38-71(65)76-70-37-14-8-29-60(70)61-30-18-33-66(73)72(61)76/h1-47H. The number of benzene rings is 12. The van der Waals surface area contributed by atoms with Gasteiger partial charge in [0.15, 0.2) is 0 Å². The third-order valence-electron chi connectivity index (χ3n) is 16.5. The van der Waals surface area contributed by atoms with E-state index in [0.717, 1.165) is 45.0 Å². The molecule has 1 unspecified atom stereocenters. The number of anilines is 3. The van der Waals surface area contributed by atoms with Crippen molar-refractivity contribution < 1.29 is 0 Å². The Balaban J connectivity index is 0.889. The molecule has 0 bridgehead atoms. The third kappa shape index (κ3) is 6.05. The summed E-state index contributed by atoms with van der Waals surface area (Å²) in [6, 6.07) is 106. The molecular formula is C73H47N3. The number of rotatable bonds is 7. The lowest BCUT2D eigenvalue weighted by Crippen LogP contribution is -2.33. The summed E-state index contributed by atoms with van der Waals surface area (Å²) < 4.78 is 4.92. The highest BCUT2D eigenvalue weighted by molar-refractivity contribution is 6.13. The topological polar surface area (TPSA) is 13.1 Å². The van der Waals surface area contributed by atoms with Crippen LogP contribution in [0.1, 0.15) is 22.3 Å². The van der Waals surface area contributed by atoms with Crippen LogP contribution in [0.25, 0.3) is 99.5 Å². The van der Waals surface area contributed by atoms with E-state index in [1.54, 1.807) is 0 Å². The normalized spacial score (nSPS) is 14.1. The Labute approximate surface area is 441 Å². The van der Waals surface area contributed by atoms with Crippen molar-refractivity contribution >= 4 is 60.7 Å². The average molecular weight is 966 g/mol. The Hall–Kier alpha value is -9.96. The summed E-state index contributed by atoms with van der Waals surface area (Å²) in [7, 11) is 0. The van der Waals surface area contributed by atoms with Gasteiger partial charge in [-0.05, 0) is 134 Å². The van der Waals surface area contributed by atoms with E-state index in [9.17, 15) is 0 Å². The van der Waals surface area contributed by atoms with E-state index in [1.165, 1.54) is 93.8 Å². The first-order valence-corrected chi connectivity index (χ1v) is 26.3. The maximum Gasteiger partial charge on any atom is 0.0754 e. The first kappa shape index (κ1) is 42.5. The molecule has 0 radical (unpaired) electrons. The van der Waals surface area contributed by atoms with E-state index in [2.05, 4.69) is 299 Å². The Morgan fingerprint density at radius 1 is 0.276 bits per heavy atom. The van der Waals surface area contributed by atoms with Gasteiger partial charge in [0.1, 0.15) is 0 Å². The molecule has 16 rings (SSSR count). The minimum absolute atomic E-state index is 0.541. The second-order valence-electron chi connectivity index (χ2n) is 20.4. The number of para-hydroxylation sites is 6. The molecule has 0 saturated carbocycles. The molecule has 0 saturated heterocycles. The minimum atomic E-state index is -0.541. The van der Waals surface area contributed by atoms with Crippen LogP contribution >= 0.6 is 0 Å². The first-order chi connectivity index (χ1) is 37.7. The van der Waals surface area contributed by atoms with Crippen molar-refractivity contribution in [3.8, 4) is 55.9 Å². The zero-order valence-corrected chi connectivity index (χ0v) is 41.5. The van der Waals surface area contributed by atoms with Crippen LogP contribution in [-0.2, 0) is 5.41 Å². The fourth-order valence-electron chi connectivity index (χ4n) is 13.4. The van der Waals surface area contributed by atoms with Gasteiger partial charge in [0.2, 0.25) is 0 Å². The van der Waals surface area contributed by atoms with Gasteiger partial charge in [0, 0.05) is 44.2 Å². The lowest BCUT2D eigenvalue weighted by atomic mass is 9.65. The lowest BCUT2D eigenvalue weighted by molar-refractivity contribution is 0.748. The molecule has 12 aromatic carbocycles. The Bertz CT molecular complexity index is 4600. The van der Waals surface area contributed by atoms with Crippen LogP contribution < -0.4 is 4.90 Å². The molecule has 1 aliphatic carbocycles. The molecule has 3 heteroatoms. The van der Waals surface area contributed by atoms with Crippen molar-refractivity contribution in [1.29, 1.82) is 0 Å². The van der Waals surface area contributed by atoms with E-state index < -0.39 is 5.41 Å². The molecule has 0 amide bonds. The van der Waals surface area contributed by atoms with Gasteiger partial charge in [0.05, 0.1) is 38.9 Å². The monoisotopic (exact) mass is 965 g/mol. The number of aromatic nitrogens is 2. The molecule has 3 heterocycles. The van der Waals surface area contributed by atoms with Crippen LogP contribution in [0.4, 0.5) is 17.1 Å². The van der Waals surface area contributed by atoms with Crippen molar-refractivity contribution in [2.75, 3.05) is 4.90 Å². The molecule has 14 aromatic rings. The molecule has 76 heavy (non-hydrogen) atoms. The summed E-state index contributed by atoms with van der Waals surface area (Å²) in [5, 5.41) is 5.08. The van der Waals surface area contributed by atoms with Crippen molar-refractivity contribution in [3.05, 3.63) is 307 Å². The number of nitrogens with zero attached hydrogens (tertiary/aromatic N) is 3. The molecule has 1 aliphatic heterocycles. The molecule has 2 aliphatic rings. The van der Waals surface area contributed by atoms with Gasteiger partial charge in [-0.1, -0.05) is 212 Å². The Kier molecular flexibility index (Phi) is 9.25. The fourth-order valence-corrected chi connectivity index (χ4v) is 13.4. The highest BCUT2D eigenvalue weighted by atomic mass is 15.1. The summed E-state index contributed by atoms with van der Waals surface area (Å²) in [6.45, 7) is 0. The van der Waals surface area contributed by atoms with E-state index >= 15 is 0 Å². The maximum absolute atomic E-state index is 2.52. The summed E-state index contributed by atoms with van der Waals surface area (Å²) in [6.07, 6.45) is 0. The van der Waals surface area contributed by atoms with Gasteiger partial charge in [-0.15, -0.1) is 0 Å². The molecule has 354 valence electrons. The quantitative estimate of drug-likeness (QED) is 0.155.